The third-order valence-electron chi connectivity index (χ3n) is 17.8. The van der Waals surface area contributed by atoms with Crippen LogP contribution in [0, 0.1) is 56.0 Å². The van der Waals surface area contributed by atoms with Gasteiger partial charge in [-0.3, -0.25) is 14.4 Å². The topological polar surface area (TPSA) is 245 Å². The van der Waals surface area contributed by atoms with Gasteiger partial charge in [-0.25, -0.2) is 58.0 Å². The average Bonchev–Trinajstić information content (AvgIpc) is 1.78. The second-order valence-electron chi connectivity index (χ2n) is 25.5. The van der Waals surface area contributed by atoms with Gasteiger partial charge in [-0.1, -0.05) is 0 Å². The number of hydrogen-bond acceptors (Lipinski definition) is 18. The molecule has 3 unspecified atom stereocenters. The van der Waals surface area contributed by atoms with Gasteiger partial charge in [-0.15, -0.1) is 0 Å². The fourth-order valence-corrected chi connectivity index (χ4v) is 12.5. The largest absolute Gasteiger partial charge is 0.355 e. The molecule has 3 aliphatic heterocycles. The van der Waals surface area contributed by atoms with E-state index in [9.17, 15) is 27.6 Å². The molecule has 3 amide bonds. The molecule has 12 heterocycles. The van der Waals surface area contributed by atoms with E-state index >= 15 is 0 Å². The van der Waals surface area contributed by atoms with Crippen molar-refractivity contribution in [1.29, 1.82) is 0 Å². The van der Waals surface area contributed by atoms with E-state index in [0.29, 0.717) is 51.9 Å². The summed E-state index contributed by atoms with van der Waals surface area (Å²) in [6.07, 6.45) is 30.6. The van der Waals surface area contributed by atoms with Crippen molar-refractivity contribution < 1.29 is 27.6 Å². The van der Waals surface area contributed by atoms with Gasteiger partial charge in [-0.05, 0) is 117 Å². The maximum absolute atomic E-state index is 14.2. The Labute approximate surface area is 530 Å². The lowest BCUT2D eigenvalue weighted by Crippen LogP contribution is -2.30. The molecule has 92 heavy (non-hydrogen) atoms. The maximum atomic E-state index is 14.2. The number of rotatable bonds is 18. The summed E-state index contributed by atoms with van der Waals surface area (Å²) in [4.78, 5) is 87.8. The lowest BCUT2D eigenvalue weighted by molar-refractivity contribution is 0.101. The fourth-order valence-electron chi connectivity index (χ4n) is 12.5. The summed E-state index contributed by atoms with van der Waals surface area (Å²) in [6, 6.07) is 6.04. The molecule has 3 aliphatic carbocycles. The number of nitrogens with one attached hydrogen (secondary N) is 4. The number of aromatic nitrogens is 12. The highest BCUT2D eigenvalue weighted by atomic mass is 19.1. The Morgan fingerprint density at radius 2 is 0.793 bits per heavy atom. The van der Waals surface area contributed by atoms with Gasteiger partial charge in [0.1, 0.15) is 34.5 Å². The SMILES string of the molecule is Cc1cn2cc(NC(=O)c3cnc(N4CCC(CN(C)C5CC5)C4)cn3)cc(F)c2n1.Cc1cn2cc(NC(=O)c3cnc(N4CCC(CN(C)C5CC5)C4)cn3)cc(F)c2n1.Cc1cn2cc(NC(=O)c3cnc(N4CCC(CNC5CC5)C4)cn3)cc(F)c2n1. The molecule has 0 radical (unpaired) electrons. The highest BCUT2D eigenvalue weighted by Gasteiger charge is 2.33. The molecule has 0 bridgehead atoms. The van der Waals surface area contributed by atoms with Crippen LogP contribution >= 0.6 is 0 Å². The predicted molar refractivity (Wildman–Crippen MR) is 343 cm³/mol. The quantitative estimate of drug-likeness (QED) is 0.0638. The van der Waals surface area contributed by atoms with Crippen LogP contribution in [0.4, 0.5) is 47.7 Å². The minimum atomic E-state index is -0.498. The van der Waals surface area contributed by atoms with Crippen LogP contribution in [0.3, 0.4) is 0 Å². The van der Waals surface area contributed by atoms with Crippen molar-refractivity contribution in [2.45, 2.75) is 96.7 Å². The van der Waals surface area contributed by atoms with Crippen LogP contribution in [0.15, 0.2) is 92.6 Å². The number of carbonyl (C=O) groups excluding carboxylic acids is 3. The van der Waals surface area contributed by atoms with Gasteiger partial charge >= 0.3 is 0 Å². The van der Waals surface area contributed by atoms with E-state index < -0.39 is 35.2 Å². The van der Waals surface area contributed by atoms with Gasteiger partial charge in [0.2, 0.25) is 0 Å². The molecule has 24 nitrogen and oxygen atoms in total. The zero-order valence-corrected chi connectivity index (χ0v) is 52.3. The molecule has 9 aromatic rings. The number of halogens is 3. The first-order valence-electron chi connectivity index (χ1n) is 31.7. The number of amides is 3. The van der Waals surface area contributed by atoms with Crippen LogP contribution in [0.1, 0.15) is 106 Å². The maximum Gasteiger partial charge on any atom is 0.275 e. The van der Waals surface area contributed by atoms with Gasteiger partial charge in [0.05, 0.1) is 71.3 Å². The molecule has 0 spiro atoms. The lowest BCUT2D eigenvalue weighted by Gasteiger charge is -2.21. The number of carbonyl (C=O) groups is 3. The second kappa shape index (κ2) is 26.6. The molecular weight excluding hydrogens is 1180 g/mol. The molecule has 3 saturated heterocycles. The number of anilines is 6. The summed E-state index contributed by atoms with van der Waals surface area (Å²) < 4.78 is 47.3. The summed E-state index contributed by atoms with van der Waals surface area (Å²) >= 11 is 0. The third kappa shape index (κ3) is 14.9. The Bertz CT molecular complexity index is 3960. The number of hydrogen-bond donors (Lipinski definition) is 4. The smallest absolute Gasteiger partial charge is 0.275 e. The summed E-state index contributed by atoms with van der Waals surface area (Å²) in [6.45, 7) is 14.4. The predicted octanol–water partition coefficient (Wildman–Crippen LogP) is 7.89. The Kier molecular flexibility index (Phi) is 17.8. The summed E-state index contributed by atoms with van der Waals surface area (Å²) in [5.41, 5.74) is 4.35. The van der Waals surface area contributed by atoms with Gasteiger partial charge in [0.25, 0.3) is 17.7 Å². The van der Waals surface area contributed by atoms with E-state index in [2.05, 4.69) is 105 Å². The molecule has 4 N–H and O–H groups in total. The van der Waals surface area contributed by atoms with Crippen molar-refractivity contribution in [3.05, 3.63) is 144 Å². The lowest BCUT2D eigenvalue weighted by atomic mass is 10.1. The molecule has 480 valence electrons. The zero-order valence-electron chi connectivity index (χ0n) is 52.3. The van der Waals surface area contributed by atoms with E-state index in [1.54, 1.807) is 89.7 Å². The summed E-state index contributed by atoms with van der Waals surface area (Å²) in [5, 5.41) is 11.6. The van der Waals surface area contributed by atoms with Crippen molar-refractivity contribution in [1.82, 2.24) is 73.2 Å². The van der Waals surface area contributed by atoms with E-state index in [0.717, 1.165) is 114 Å². The highest BCUT2D eigenvalue weighted by molar-refractivity contribution is 6.04. The minimum Gasteiger partial charge on any atom is -0.355 e. The van der Waals surface area contributed by atoms with E-state index in [-0.39, 0.29) is 34.0 Å². The van der Waals surface area contributed by atoms with Crippen molar-refractivity contribution in [2.75, 3.05) is 104 Å². The Hall–Kier alpha value is -9.21. The summed E-state index contributed by atoms with van der Waals surface area (Å²) in [7, 11) is 4.43. The number of pyridine rings is 3. The van der Waals surface area contributed by atoms with Crippen molar-refractivity contribution in [3.63, 3.8) is 0 Å². The van der Waals surface area contributed by atoms with Crippen LogP contribution in [-0.2, 0) is 0 Å². The van der Waals surface area contributed by atoms with E-state index in [4.69, 9.17) is 0 Å². The molecule has 15 rings (SSSR count). The minimum absolute atomic E-state index is 0.187. The molecular formula is C65H76F3N21O3. The standard InChI is InChI=1S/2C22H26FN7O.C21H24FN7O/c2*1-14-10-30-13-16(7-18(23)21(30)26-14)27-22(31)19-8-25-20(9-24-19)29-6-5-15(12-29)11-28(2)17-3-4-17;1-13-10-29-12-16(6-17(22)20(29)26-13)27-21(30)18-8-25-19(9-24-18)28-5-4-14(11-28)7-23-15-2-3-15/h2*7-10,13,15,17H,3-6,11-12H2,1-2H3,(H,27,31);6,8-10,12,14-15,23H,2-5,7,11H2,1H3,(H,27,30). The van der Waals surface area contributed by atoms with Gasteiger partial charge < -0.3 is 59.0 Å². The molecule has 27 heteroatoms. The Balaban J connectivity index is 0.000000126. The number of imidazole rings is 3. The van der Waals surface area contributed by atoms with E-state index in [1.807, 2.05) is 0 Å². The van der Waals surface area contributed by atoms with Crippen LogP contribution in [0.2, 0.25) is 0 Å². The van der Waals surface area contributed by atoms with Crippen molar-refractivity contribution in [3.8, 4) is 0 Å². The van der Waals surface area contributed by atoms with Crippen molar-refractivity contribution in [2.24, 2.45) is 17.8 Å². The Morgan fingerprint density at radius 1 is 0.457 bits per heavy atom. The molecule has 0 aromatic carbocycles. The van der Waals surface area contributed by atoms with Crippen LogP contribution in [0.25, 0.3) is 16.9 Å². The first-order chi connectivity index (χ1) is 44.5. The third-order valence-corrected chi connectivity index (χ3v) is 17.8. The second-order valence-corrected chi connectivity index (χ2v) is 25.5. The number of aryl methyl sites for hydroxylation is 3. The zero-order chi connectivity index (χ0) is 63.7. The van der Waals surface area contributed by atoms with E-state index in [1.165, 1.54) is 75.3 Å². The number of nitrogens with zero attached hydrogens (tertiary/aromatic N) is 17. The van der Waals surface area contributed by atoms with Crippen LogP contribution in [-0.4, -0.2) is 177 Å². The van der Waals surface area contributed by atoms with Crippen LogP contribution in [0.5, 0.6) is 0 Å². The highest BCUT2D eigenvalue weighted by Crippen LogP contribution is 2.32. The molecule has 3 saturated carbocycles. The average molecular weight is 1260 g/mol. The molecule has 6 aliphatic rings. The summed E-state index contributed by atoms with van der Waals surface area (Å²) in [5.74, 6) is 1.45. The first-order valence-corrected chi connectivity index (χ1v) is 31.7. The monoisotopic (exact) mass is 1260 g/mol. The van der Waals surface area contributed by atoms with Crippen LogP contribution < -0.4 is 36.0 Å². The fraction of sp³-hybridized carbons (Fsp3) is 0.446. The Morgan fingerprint density at radius 3 is 1.11 bits per heavy atom. The van der Waals surface area contributed by atoms with Crippen molar-refractivity contribution >= 4 is 69.2 Å². The van der Waals surface area contributed by atoms with Gasteiger partial charge in [0.15, 0.2) is 34.4 Å². The normalized spacial score (nSPS) is 18.8. The van der Waals surface area contributed by atoms with Gasteiger partial charge in [0, 0.05) is 126 Å². The molecule has 6 fully saturated rings. The number of fused-ring (bicyclic) bond motifs is 3. The first kappa shape index (κ1) is 61.6. The molecule has 9 aromatic heterocycles. The molecule has 3 atom stereocenters. The van der Waals surface area contributed by atoms with Gasteiger partial charge in [-0.2, -0.15) is 0 Å².